The van der Waals surface area contributed by atoms with Crippen molar-refractivity contribution in [3.63, 3.8) is 0 Å². The van der Waals surface area contributed by atoms with Gasteiger partial charge in [0, 0.05) is 22.9 Å². The van der Waals surface area contributed by atoms with E-state index in [-0.39, 0.29) is 11.5 Å². The number of phenolic OH excluding ortho intramolecular Hbond substituents is 2. The van der Waals surface area contributed by atoms with Crippen LogP contribution in [0.25, 0.3) is 22.6 Å². The van der Waals surface area contributed by atoms with Crippen molar-refractivity contribution in [2.24, 2.45) is 4.99 Å². The second-order valence-electron chi connectivity index (χ2n) is 5.65. The lowest BCUT2D eigenvalue weighted by molar-refractivity contribution is 0.474. The third kappa shape index (κ3) is 3.12. The Balaban J connectivity index is 1.65. The molecule has 0 aliphatic rings. The highest BCUT2D eigenvalue weighted by Gasteiger charge is 2.12. The molecule has 26 heavy (non-hydrogen) atoms. The highest BCUT2D eigenvalue weighted by atomic mass is 35.5. The molecule has 6 heteroatoms. The van der Waals surface area contributed by atoms with E-state index in [0.29, 0.717) is 33.3 Å². The molecule has 0 atom stereocenters. The Kier molecular flexibility index (Phi) is 4.07. The standard InChI is InChI=1S/C20H13ClN2O3/c21-13-5-8-17(24)12(9-13)11-22-14-6-7-15(18(25)10-14)20-23-16-3-1-2-4-19(16)26-20/h1-11,24-25H. The van der Waals surface area contributed by atoms with Gasteiger partial charge in [-0.1, -0.05) is 23.7 Å². The molecular formula is C20H13ClN2O3. The molecule has 0 radical (unpaired) electrons. The Morgan fingerprint density at radius 1 is 0.962 bits per heavy atom. The fourth-order valence-electron chi connectivity index (χ4n) is 2.54. The van der Waals surface area contributed by atoms with Crippen molar-refractivity contribution < 1.29 is 14.6 Å². The maximum atomic E-state index is 10.3. The minimum Gasteiger partial charge on any atom is -0.507 e. The van der Waals surface area contributed by atoms with E-state index in [2.05, 4.69) is 9.98 Å². The quantitative estimate of drug-likeness (QED) is 0.483. The van der Waals surface area contributed by atoms with Gasteiger partial charge in [0.05, 0.1) is 11.3 Å². The fourth-order valence-corrected chi connectivity index (χ4v) is 2.72. The molecule has 4 rings (SSSR count). The topological polar surface area (TPSA) is 78.9 Å². The molecule has 0 saturated carbocycles. The second-order valence-corrected chi connectivity index (χ2v) is 6.09. The molecule has 0 fully saturated rings. The number of aromatic hydroxyl groups is 2. The minimum atomic E-state index is 0.00141. The van der Waals surface area contributed by atoms with Crippen LogP contribution in [0.2, 0.25) is 5.02 Å². The largest absolute Gasteiger partial charge is 0.507 e. The molecule has 3 aromatic carbocycles. The summed E-state index contributed by atoms with van der Waals surface area (Å²) in [7, 11) is 0. The Morgan fingerprint density at radius 3 is 2.62 bits per heavy atom. The lowest BCUT2D eigenvalue weighted by Gasteiger charge is -2.02. The highest BCUT2D eigenvalue weighted by Crippen LogP contribution is 2.34. The first-order valence-electron chi connectivity index (χ1n) is 7.82. The number of nitrogens with zero attached hydrogens (tertiary/aromatic N) is 2. The van der Waals surface area contributed by atoms with Crippen LogP contribution in [0.1, 0.15) is 5.56 Å². The summed E-state index contributed by atoms with van der Waals surface area (Å²) < 4.78 is 5.68. The summed E-state index contributed by atoms with van der Waals surface area (Å²) in [4.78, 5) is 8.64. The number of oxazole rings is 1. The first kappa shape index (κ1) is 16.2. The summed E-state index contributed by atoms with van der Waals surface area (Å²) in [6.45, 7) is 0. The number of phenols is 2. The van der Waals surface area contributed by atoms with Crippen LogP contribution < -0.4 is 0 Å². The molecule has 0 spiro atoms. The lowest BCUT2D eigenvalue weighted by atomic mass is 10.1. The number of aromatic nitrogens is 1. The van der Waals surface area contributed by atoms with Gasteiger partial charge in [-0.05, 0) is 42.5 Å². The van der Waals surface area contributed by atoms with Crippen LogP contribution >= 0.6 is 11.6 Å². The number of para-hydroxylation sites is 2. The van der Waals surface area contributed by atoms with Crippen LogP contribution in [0.3, 0.4) is 0 Å². The number of benzene rings is 3. The molecule has 0 saturated heterocycles. The molecule has 4 aromatic rings. The highest BCUT2D eigenvalue weighted by molar-refractivity contribution is 6.30. The first-order valence-corrected chi connectivity index (χ1v) is 8.19. The second kappa shape index (κ2) is 6.54. The number of hydrogen-bond acceptors (Lipinski definition) is 5. The summed E-state index contributed by atoms with van der Waals surface area (Å²) in [5, 5.41) is 20.6. The van der Waals surface area contributed by atoms with Gasteiger partial charge in [0.2, 0.25) is 5.89 Å². The van der Waals surface area contributed by atoms with Crippen LogP contribution in [0.4, 0.5) is 5.69 Å². The Hall–Kier alpha value is -3.31. The van der Waals surface area contributed by atoms with Crippen molar-refractivity contribution in [3.8, 4) is 23.0 Å². The molecule has 0 aliphatic heterocycles. The molecule has 2 N–H and O–H groups in total. The van der Waals surface area contributed by atoms with E-state index in [1.54, 1.807) is 24.3 Å². The van der Waals surface area contributed by atoms with Gasteiger partial charge in [0.1, 0.15) is 17.0 Å². The average Bonchev–Trinajstić information content (AvgIpc) is 3.06. The fraction of sp³-hybridized carbons (Fsp3) is 0. The predicted octanol–water partition coefficient (Wildman–Crippen LogP) is 5.31. The smallest absolute Gasteiger partial charge is 0.231 e. The molecule has 1 heterocycles. The van der Waals surface area contributed by atoms with Crippen LogP contribution in [-0.2, 0) is 0 Å². The summed E-state index contributed by atoms with van der Waals surface area (Å²) in [5.41, 5.74) is 2.85. The van der Waals surface area contributed by atoms with Crippen LogP contribution in [0.5, 0.6) is 11.5 Å². The maximum Gasteiger partial charge on any atom is 0.231 e. The lowest BCUT2D eigenvalue weighted by Crippen LogP contribution is -1.83. The zero-order valence-electron chi connectivity index (χ0n) is 13.4. The van der Waals surface area contributed by atoms with E-state index >= 15 is 0 Å². The number of rotatable bonds is 3. The molecule has 0 amide bonds. The van der Waals surface area contributed by atoms with Crippen molar-refractivity contribution in [2.75, 3.05) is 0 Å². The number of fused-ring (bicyclic) bond motifs is 1. The minimum absolute atomic E-state index is 0.00141. The Morgan fingerprint density at radius 2 is 1.81 bits per heavy atom. The van der Waals surface area contributed by atoms with Gasteiger partial charge in [-0.25, -0.2) is 4.98 Å². The maximum absolute atomic E-state index is 10.3. The van der Waals surface area contributed by atoms with Crippen molar-refractivity contribution in [2.45, 2.75) is 0 Å². The summed E-state index contributed by atoms with van der Waals surface area (Å²) >= 11 is 5.92. The summed E-state index contributed by atoms with van der Waals surface area (Å²) in [6, 6.07) is 17.0. The van der Waals surface area contributed by atoms with Gasteiger partial charge in [-0.3, -0.25) is 4.99 Å². The molecule has 0 aliphatic carbocycles. The van der Waals surface area contributed by atoms with Crippen molar-refractivity contribution in [1.29, 1.82) is 0 Å². The van der Waals surface area contributed by atoms with E-state index < -0.39 is 0 Å². The third-order valence-corrected chi connectivity index (χ3v) is 4.08. The van der Waals surface area contributed by atoms with E-state index in [4.69, 9.17) is 16.0 Å². The summed E-state index contributed by atoms with van der Waals surface area (Å²) in [5.74, 6) is 0.415. The van der Waals surface area contributed by atoms with Gasteiger partial charge in [0.25, 0.3) is 0 Å². The monoisotopic (exact) mass is 364 g/mol. The third-order valence-electron chi connectivity index (χ3n) is 3.85. The van der Waals surface area contributed by atoms with Crippen molar-refractivity contribution >= 4 is 34.6 Å². The molecular weight excluding hydrogens is 352 g/mol. The SMILES string of the molecule is Oc1ccc(Cl)cc1C=Nc1ccc(-c2nc3ccccc3o2)c(O)c1. The molecule has 0 unspecified atom stereocenters. The van der Waals surface area contributed by atoms with E-state index in [9.17, 15) is 10.2 Å². The van der Waals surface area contributed by atoms with Gasteiger partial charge in [-0.15, -0.1) is 0 Å². The van der Waals surface area contributed by atoms with Crippen molar-refractivity contribution in [3.05, 3.63) is 71.2 Å². The number of halogens is 1. The molecule has 5 nitrogen and oxygen atoms in total. The van der Waals surface area contributed by atoms with Crippen LogP contribution in [0, 0.1) is 0 Å². The Bertz CT molecular complexity index is 1100. The summed E-state index contributed by atoms with van der Waals surface area (Å²) in [6.07, 6.45) is 1.48. The molecule has 1 aromatic heterocycles. The van der Waals surface area contributed by atoms with Crippen molar-refractivity contribution in [1.82, 2.24) is 4.98 Å². The van der Waals surface area contributed by atoms with E-state index in [1.165, 1.54) is 18.3 Å². The molecule has 0 bridgehead atoms. The van der Waals surface area contributed by atoms with Gasteiger partial charge in [-0.2, -0.15) is 0 Å². The van der Waals surface area contributed by atoms with Gasteiger partial charge >= 0.3 is 0 Å². The Labute approximate surface area is 153 Å². The van der Waals surface area contributed by atoms with Gasteiger partial charge in [0.15, 0.2) is 5.58 Å². The molecule has 128 valence electrons. The average molecular weight is 365 g/mol. The normalized spacial score (nSPS) is 11.4. The number of hydrogen-bond donors (Lipinski definition) is 2. The zero-order chi connectivity index (χ0) is 18.1. The van der Waals surface area contributed by atoms with Crippen LogP contribution in [0.15, 0.2) is 70.1 Å². The zero-order valence-corrected chi connectivity index (χ0v) is 14.2. The van der Waals surface area contributed by atoms with Gasteiger partial charge < -0.3 is 14.6 Å². The van der Waals surface area contributed by atoms with E-state index in [0.717, 1.165) is 5.52 Å². The van der Waals surface area contributed by atoms with E-state index in [1.807, 2.05) is 24.3 Å². The van der Waals surface area contributed by atoms with Crippen LogP contribution in [-0.4, -0.2) is 21.4 Å². The first-order chi connectivity index (χ1) is 12.6. The predicted molar refractivity (Wildman–Crippen MR) is 101 cm³/mol. The number of aliphatic imine (C=N–C) groups is 1.